The molecule has 1 heterocycles. The normalized spacial score (nSPS) is 18.7. The highest BCUT2D eigenvalue weighted by Crippen LogP contribution is 2.30. The van der Waals surface area contributed by atoms with Crippen molar-refractivity contribution in [2.24, 2.45) is 5.73 Å². The second-order valence-electron chi connectivity index (χ2n) is 5.17. The minimum atomic E-state index is -0.388. The molecular formula is C13H18BrN3O. The second-order valence-corrected chi connectivity index (χ2v) is 6.08. The van der Waals surface area contributed by atoms with E-state index < -0.39 is 0 Å². The molecule has 0 aliphatic carbocycles. The molecule has 0 radical (unpaired) electrons. The number of benzene rings is 1. The zero-order valence-corrected chi connectivity index (χ0v) is 12.3. The van der Waals surface area contributed by atoms with Gasteiger partial charge in [0.2, 0.25) is 0 Å². The number of carbonyl (C=O) groups excluding carboxylic acids is 1. The number of nitrogens with one attached hydrogen (secondary N) is 1. The summed E-state index contributed by atoms with van der Waals surface area (Å²) in [5, 5.41) is 3.37. The average molecular weight is 312 g/mol. The summed E-state index contributed by atoms with van der Waals surface area (Å²) in [6.45, 7) is 6.99. The molecule has 4 nitrogen and oxygen atoms in total. The molecule has 98 valence electrons. The van der Waals surface area contributed by atoms with Gasteiger partial charge in [0.25, 0.3) is 5.91 Å². The van der Waals surface area contributed by atoms with Crippen molar-refractivity contribution in [1.29, 1.82) is 0 Å². The number of piperazine rings is 1. The van der Waals surface area contributed by atoms with Crippen molar-refractivity contribution >= 4 is 27.5 Å². The van der Waals surface area contributed by atoms with Gasteiger partial charge in [-0.3, -0.25) is 4.79 Å². The van der Waals surface area contributed by atoms with Crippen LogP contribution >= 0.6 is 15.9 Å². The van der Waals surface area contributed by atoms with Crippen LogP contribution in [0.5, 0.6) is 0 Å². The van der Waals surface area contributed by atoms with Crippen molar-refractivity contribution < 1.29 is 4.79 Å². The van der Waals surface area contributed by atoms with Gasteiger partial charge in [-0.2, -0.15) is 0 Å². The molecule has 0 saturated carbocycles. The van der Waals surface area contributed by atoms with Gasteiger partial charge in [0.1, 0.15) is 0 Å². The highest BCUT2D eigenvalue weighted by atomic mass is 79.9. The highest BCUT2D eigenvalue weighted by Gasteiger charge is 2.31. The van der Waals surface area contributed by atoms with Crippen LogP contribution in [0.15, 0.2) is 22.7 Å². The number of rotatable bonds is 2. The van der Waals surface area contributed by atoms with Crippen LogP contribution in [-0.2, 0) is 0 Å². The van der Waals surface area contributed by atoms with Gasteiger partial charge in [0.15, 0.2) is 0 Å². The number of nitrogens with zero attached hydrogens (tertiary/aromatic N) is 1. The maximum atomic E-state index is 11.6. The number of amides is 1. The van der Waals surface area contributed by atoms with E-state index >= 15 is 0 Å². The Kier molecular flexibility index (Phi) is 3.64. The van der Waals surface area contributed by atoms with Gasteiger partial charge in [-0.15, -0.1) is 0 Å². The SMILES string of the molecule is CC1(C)CNCCN1c1ccc(Br)cc1C(N)=O. The van der Waals surface area contributed by atoms with Crippen LogP contribution in [0.4, 0.5) is 5.69 Å². The molecular weight excluding hydrogens is 294 g/mol. The monoisotopic (exact) mass is 311 g/mol. The van der Waals surface area contributed by atoms with Gasteiger partial charge in [0, 0.05) is 29.6 Å². The molecule has 0 atom stereocenters. The summed E-state index contributed by atoms with van der Waals surface area (Å²) >= 11 is 3.38. The Bertz CT molecular complexity index is 473. The molecule has 1 aliphatic heterocycles. The molecule has 1 aliphatic rings. The van der Waals surface area contributed by atoms with Gasteiger partial charge in [-0.1, -0.05) is 15.9 Å². The van der Waals surface area contributed by atoms with Crippen molar-refractivity contribution in [3.8, 4) is 0 Å². The number of halogens is 1. The molecule has 1 amide bonds. The van der Waals surface area contributed by atoms with Crippen LogP contribution in [0.1, 0.15) is 24.2 Å². The van der Waals surface area contributed by atoms with E-state index in [4.69, 9.17) is 5.73 Å². The van der Waals surface area contributed by atoms with Crippen molar-refractivity contribution in [2.75, 3.05) is 24.5 Å². The van der Waals surface area contributed by atoms with E-state index in [9.17, 15) is 4.79 Å². The Morgan fingerprint density at radius 3 is 2.83 bits per heavy atom. The lowest BCUT2D eigenvalue weighted by Crippen LogP contribution is -2.58. The number of hydrogen-bond donors (Lipinski definition) is 2. The molecule has 1 fully saturated rings. The summed E-state index contributed by atoms with van der Waals surface area (Å²) < 4.78 is 0.869. The third-order valence-electron chi connectivity index (χ3n) is 3.32. The zero-order chi connectivity index (χ0) is 13.3. The molecule has 1 aromatic carbocycles. The fraction of sp³-hybridized carbons (Fsp3) is 0.462. The van der Waals surface area contributed by atoms with Crippen LogP contribution < -0.4 is 16.0 Å². The second kappa shape index (κ2) is 4.90. The van der Waals surface area contributed by atoms with Crippen LogP contribution in [0.3, 0.4) is 0 Å². The summed E-state index contributed by atoms with van der Waals surface area (Å²) in [7, 11) is 0. The van der Waals surface area contributed by atoms with Gasteiger partial charge in [-0.25, -0.2) is 0 Å². The molecule has 18 heavy (non-hydrogen) atoms. The van der Waals surface area contributed by atoms with Crippen molar-refractivity contribution in [3.05, 3.63) is 28.2 Å². The number of carbonyl (C=O) groups is 1. The van der Waals surface area contributed by atoms with Crippen LogP contribution in [0.25, 0.3) is 0 Å². The minimum Gasteiger partial charge on any atom is -0.366 e. The molecule has 2 rings (SSSR count). The Labute approximate surface area is 116 Å². The molecule has 0 unspecified atom stereocenters. The van der Waals surface area contributed by atoms with Gasteiger partial charge < -0.3 is 16.0 Å². The van der Waals surface area contributed by atoms with Crippen LogP contribution in [0, 0.1) is 0 Å². The van der Waals surface area contributed by atoms with Gasteiger partial charge in [0.05, 0.1) is 11.3 Å². The maximum absolute atomic E-state index is 11.6. The quantitative estimate of drug-likeness (QED) is 0.874. The molecule has 0 bridgehead atoms. The molecule has 5 heteroatoms. The minimum absolute atomic E-state index is 0.0315. The zero-order valence-electron chi connectivity index (χ0n) is 10.7. The lowest BCUT2D eigenvalue weighted by atomic mass is 9.97. The van der Waals surface area contributed by atoms with E-state index in [2.05, 4.69) is 40.0 Å². The Hall–Kier alpha value is -1.07. The smallest absolute Gasteiger partial charge is 0.250 e. The van der Waals surface area contributed by atoms with E-state index in [1.54, 1.807) is 6.07 Å². The summed E-state index contributed by atoms with van der Waals surface area (Å²) in [5.74, 6) is -0.388. The summed E-state index contributed by atoms with van der Waals surface area (Å²) in [6.07, 6.45) is 0. The Balaban J connectivity index is 2.46. The van der Waals surface area contributed by atoms with Gasteiger partial charge in [-0.05, 0) is 32.0 Å². The fourth-order valence-corrected chi connectivity index (χ4v) is 2.73. The first kappa shape index (κ1) is 13.4. The van der Waals surface area contributed by atoms with E-state index in [1.807, 2.05) is 12.1 Å². The average Bonchev–Trinajstić information content (AvgIpc) is 2.29. The van der Waals surface area contributed by atoms with Crippen LogP contribution in [0.2, 0.25) is 0 Å². The lowest BCUT2D eigenvalue weighted by molar-refractivity contribution is 0.100. The van der Waals surface area contributed by atoms with Crippen molar-refractivity contribution in [1.82, 2.24) is 5.32 Å². The van der Waals surface area contributed by atoms with E-state index in [0.29, 0.717) is 5.56 Å². The first-order chi connectivity index (χ1) is 8.42. The predicted molar refractivity (Wildman–Crippen MR) is 77.0 cm³/mol. The molecule has 3 N–H and O–H groups in total. The predicted octanol–water partition coefficient (Wildman–Crippen LogP) is 1.74. The first-order valence-electron chi connectivity index (χ1n) is 5.99. The molecule has 0 aromatic heterocycles. The standard InChI is InChI=1S/C13H18BrN3O/c1-13(2)8-16-5-6-17(13)11-4-3-9(14)7-10(11)12(15)18/h3-4,7,16H,5-6,8H2,1-2H3,(H2,15,18). The van der Waals surface area contributed by atoms with Crippen molar-refractivity contribution in [2.45, 2.75) is 19.4 Å². The highest BCUT2D eigenvalue weighted by molar-refractivity contribution is 9.10. The van der Waals surface area contributed by atoms with E-state index in [0.717, 1.165) is 29.8 Å². The summed E-state index contributed by atoms with van der Waals surface area (Å²) in [6, 6.07) is 5.69. The van der Waals surface area contributed by atoms with Crippen LogP contribution in [-0.4, -0.2) is 31.1 Å². The van der Waals surface area contributed by atoms with Gasteiger partial charge >= 0.3 is 0 Å². The lowest BCUT2D eigenvalue weighted by Gasteiger charge is -2.45. The maximum Gasteiger partial charge on any atom is 0.250 e. The van der Waals surface area contributed by atoms with E-state index in [-0.39, 0.29) is 11.4 Å². The van der Waals surface area contributed by atoms with E-state index in [1.165, 1.54) is 0 Å². The number of hydrogen-bond acceptors (Lipinski definition) is 3. The topological polar surface area (TPSA) is 58.4 Å². The third-order valence-corrected chi connectivity index (χ3v) is 3.81. The third kappa shape index (κ3) is 2.52. The molecule has 0 spiro atoms. The first-order valence-corrected chi connectivity index (χ1v) is 6.79. The van der Waals surface area contributed by atoms with Crippen molar-refractivity contribution in [3.63, 3.8) is 0 Å². The Morgan fingerprint density at radius 1 is 1.50 bits per heavy atom. The number of primary amides is 1. The summed E-state index contributed by atoms with van der Waals surface area (Å²) in [4.78, 5) is 13.8. The number of nitrogens with two attached hydrogens (primary N) is 1. The largest absolute Gasteiger partial charge is 0.366 e. The molecule has 1 saturated heterocycles. The molecule has 1 aromatic rings. The Morgan fingerprint density at radius 2 is 2.22 bits per heavy atom. The summed E-state index contributed by atoms with van der Waals surface area (Å²) in [5.41, 5.74) is 6.93. The number of anilines is 1. The fourth-order valence-electron chi connectivity index (χ4n) is 2.37.